The number of nitrogens with one attached hydrogen (secondary N) is 1. The predicted octanol–water partition coefficient (Wildman–Crippen LogP) is 4.15. The van der Waals surface area contributed by atoms with Gasteiger partial charge in [-0.15, -0.1) is 0 Å². The summed E-state index contributed by atoms with van der Waals surface area (Å²) in [6.45, 7) is 2.72. The summed E-state index contributed by atoms with van der Waals surface area (Å²) in [5.41, 5.74) is 1.61. The molecule has 0 aliphatic heterocycles. The van der Waals surface area contributed by atoms with Gasteiger partial charge >= 0.3 is 0 Å². The molecule has 18 heavy (non-hydrogen) atoms. The Morgan fingerprint density at radius 2 is 2.22 bits per heavy atom. The van der Waals surface area contributed by atoms with Gasteiger partial charge in [-0.1, -0.05) is 6.92 Å². The quantitative estimate of drug-likeness (QED) is 0.917. The molecule has 1 aliphatic rings. The summed E-state index contributed by atoms with van der Waals surface area (Å²) < 4.78 is 20.6. The highest BCUT2D eigenvalue weighted by atomic mass is 79.9. The number of benzene rings is 1. The Labute approximate surface area is 114 Å². The van der Waals surface area contributed by atoms with Crippen LogP contribution >= 0.6 is 15.9 Å². The predicted molar refractivity (Wildman–Crippen MR) is 73.1 cm³/mol. The van der Waals surface area contributed by atoms with Gasteiger partial charge in [0.2, 0.25) is 0 Å². The number of rotatable bonds is 4. The van der Waals surface area contributed by atoms with E-state index in [4.69, 9.17) is 4.42 Å². The van der Waals surface area contributed by atoms with E-state index in [0.29, 0.717) is 23.6 Å². The molecule has 2 nitrogen and oxygen atoms in total. The molecule has 0 unspecified atom stereocenters. The lowest BCUT2D eigenvalue weighted by Crippen LogP contribution is -2.15. The van der Waals surface area contributed by atoms with E-state index in [2.05, 4.69) is 21.2 Å². The van der Waals surface area contributed by atoms with Crippen LogP contribution in [0.1, 0.15) is 31.1 Å². The SMILES string of the molecule is CCc1c(CNC2CC2)oc2c(Br)ccc(F)c12. The number of hydrogen-bond donors (Lipinski definition) is 1. The first kappa shape index (κ1) is 12.2. The number of hydrogen-bond acceptors (Lipinski definition) is 2. The Kier molecular flexibility index (Phi) is 3.16. The van der Waals surface area contributed by atoms with Crippen molar-refractivity contribution in [1.29, 1.82) is 0 Å². The van der Waals surface area contributed by atoms with Gasteiger partial charge in [-0.05, 0) is 47.3 Å². The second kappa shape index (κ2) is 4.67. The van der Waals surface area contributed by atoms with E-state index in [1.54, 1.807) is 6.07 Å². The van der Waals surface area contributed by atoms with Crippen LogP contribution in [0.4, 0.5) is 4.39 Å². The molecule has 0 spiro atoms. The van der Waals surface area contributed by atoms with E-state index in [1.165, 1.54) is 18.9 Å². The lowest BCUT2D eigenvalue weighted by atomic mass is 10.1. The van der Waals surface area contributed by atoms with Crippen LogP contribution in [0.3, 0.4) is 0 Å². The van der Waals surface area contributed by atoms with Crippen LogP contribution in [0.2, 0.25) is 0 Å². The molecule has 3 rings (SSSR count). The Hall–Kier alpha value is -0.870. The van der Waals surface area contributed by atoms with Gasteiger partial charge in [0, 0.05) is 11.6 Å². The molecule has 1 aromatic carbocycles. The summed E-state index contributed by atoms with van der Waals surface area (Å²) in [7, 11) is 0. The number of halogens is 2. The summed E-state index contributed by atoms with van der Waals surface area (Å²) >= 11 is 3.42. The molecule has 0 saturated heterocycles. The molecule has 1 aliphatic carbocycles. The van der Waals surface area contributed by atoms with Crippen molar-refractivity contribution in [1.82, 2.24) is 5.32 Å². The monoisotopic (exact) mass is 311 g/mol. The van der Waals surface area contributed by atoms with Gasteiger partial charge in [0.05, 0.1) is 16.4 Å². The van der Waals surface area contributed by atoms with Crippen molar-refractivity contribution in [3.63, 3.8) is 0 Å². The summed E-state index contributed by atoms with van der Waals surface area (Å²) in [4.78, 5) is 0. The Balaban J connectivity index is 2.06. The molecule has 1 aromatic heterocycles. The van der Waals surface area contributed by atoms with Crippen LogP contribution in [0.25, 0.3) is 11.0 Å². The molecule has 96 valence electrons. The summed E-state index contributed by atoms with van der Waals surface area (Å²) in [6.07, 6.45) is 3.25. The van der Waals surface area contributed by atoms with E-state index >= 15 is 0 Å². The molecule has 0 bridgehead atoms. The fourth-order valence-corrected chi connectivity index (χ4v) is 2.69. The third-order valence-electron chi connectivity index (χ3n) is 3.40. The minimum atomic E-state index is -0.202. The van der Waals surface area contributed by atoms with Gasteiger partial charge in [-0.3, -0.25) is 0 Å². The first-order valence-electron chi connectivity index (χ1n) is 6.32. The minimum absolute atomic E-state index is 0.202. The largest absolute Gasteiger partial charge is 0.458 e. The third kappa shape index (κ3) is 2.08. The zero-order valence-electron chi connectivity index (χ0n) is 10.2. The van der Waals surface area contributed by atoms with Crippen molar-refractivity contribution >= 4 is 26.9 Å². The van der Waals surface area contributed by atoms with Gasteiger partial charge in [0.1, 0.15) is 11.6 Å². The minimum Gasteiger partial charge on any atom is -0.458 e. The molecular formula is C14H15BrFNO. The molecule has 0 amide bonds. The Bertz CT molecular complexity index is 589. The highest BCUT2D eigenvalue weighted by Crippen LogP contribution is 2.34. The average Bonchev–Trinajstić information content (AvgIpc) is 3.11. The zero-order chi connectivity index (χ0) is 12.7. The van der Waals surface area contributed by atoms with Crippen molar-refractivity contribution in [2.24, 2.45) is 0 Å². The van der Waals surface area contributed by atoms with E-state index in [-0.39, 0.29) is 5.82 Å². The number of fused-ring (bicyclic) bond motifs is 1. The van der Waals surface area contributed by atoms with Crippen LogP contribution in [-0.4, -0.2) is 6.04 Å². The molecule has 0 atom stereocenters. The molecular weight excluding hydrogens is 297 g/mol. The van der Waals surface area contributed by atoms with Crippen LogP contribution in [-0.2, 0) is 13.0 Å². The normalized spacial score (nSPS) is 15.5. The van der Waals surface area contributed by atoms with Crippen molar-refractivity contribution in [3.8, 4) is 0 Å². The summed E-state index contributed by atoms with van der Waals surface area (Å²) in [5, 5.41) is 4.04. The topological polar surface area (TPSA) is 25.2 Å². The smallest absolute Gasteiger partial charge is 0.151 e. The highest BCUT2D eigenvalue weighted by Gasteiger charge is 2.23. The fraction of sp³-hybridized carbons (Fsp3) is 0.429. The van der Waals surface area contributed by atoms with Gasteiger partial charge in [0.15, 0.2) is 5.58 Å². The maximum atomic E-state index is 13.9. The second-order valence-electron chi connectivity index (χ2n) is 4.75. The maximum absolute atomic E-state index is 13.9. The lowest BCUT2D eigenvalue weighted by Gasteiger charge is -2.01. The Morgan fingerprint density at radius 1 is 1.44 bits per heavy atom. The molecule has 0 radical (unpaired) electrons. The van der Waals surface area contributed by atoms with Gasteiger partial charge < -0.3 is 9.73 Å². The number of aryl methyl sites for hydroxylation is 1. The highest BCUT2D eigenvalue weighted by molar-refractivity contribution is 9.10. The van der Waals surface area contributed by atoms with Crippen LogP contribution in [0.15, 0.2) is 21.0 Å². The Morgan fingerprint density at radius 3 is 2.89 bits per heavy atom. The standard InChI is InChI=1S/C14H15BrFNO/c1-2-9-12(7-17-8-3-4-8)18-14-10(15)5-6-11(16)13(9)14/h5-6,8,17H,2-4,7H2,1H3. The first-order chi connectivity index (χ1) is 8.70. The van der Waals surface area contributed by atoms with Gasteiger partial charge in [0.25, 0.3) is 0 Å². The molecule has 2 aromatic rings. The van der Waals surface area contributed by atoms with E-state index < -0.39 is 0 Å². The second-order valence-corrected chi connectivity index (χ2v) is 5.60. The fourth-order valence-electron chi connectivity index (χ4n) is 2.28. The average molecular weight is 312 g/mol. The molecule has 1 fully saturated rings. The molecule has 1 heterocycles. The van der Waals surface area contributed by atoms with Crippen molar-refractivity contribution in [3.05, 3.63) is 33.7 Å². The van der Waals surface area contributed by atoms with Gasteiger partial charge in [-0.25, -0.2) is 4.39 Å². The van der Waals surface area contributed by atoms with Crippen molar-refractivity contribution in [2.45, 2.75) is 38.8 Å². The zero-order valence-corrected chi connectivity index (χ0v) is 11.8. The first-order valence-corrected chi connectivity index (χ1v) is 7.11. The van der Waals surface area contributed by atoms with E-state index in [9.17, 15) is 4.39 Å². The van der Waals surface area contributed by atoms with E-state index in [1.807, 2.05) is 6.92 Å². The summed E-state index contributed by atoms with van der Waals surface area (Å²) in [6, 6.07) is 3.80. The van der Waals surface area contributed by atoms with E-state index in [0.717, 1.165) is 22.2 Å². The van der Waals surface area contributed by atoms with Crippen LogP contribution in [0.5, 0.6) is 0 Å². The molecule has 4 heteroatoms. The van der Waals surface area contributed by atoms with Crippen molar-refractivity contribution in [2.75, 3.05) is 0 Å². The molecule has 1 N–H and O–H groups in total. The third-order valence-corrected chi connectivity index (χ3v) is 4.03. The van der Waals surface area contributed by atoms with Crippen LogP contribution in [0, 0.1) is 5.82 Å². The molecule has 1 saturated carbocycles. The van der Waals surface area contributed by atoms with Gasteiger partial charge in [-0.2, -0.15) is 0 Å². The van der Waals surface area contributed by atoms with Crippen LogP contribution < -0.4 is 5.32 Å². The van der Waals surface area contributed by atoms with Crippen molar-refractivity contribution < 1.29 is 8.81 Å². The maximum Gasteiger partial charge on any atom is 0.151 e. The lowest BCUT2D eigenvalue weighted by molar-refractivity contribution is 0.506. The summed E-state index contributed by atoms with van der Waals surface area (Å²) in [5.74, 6) is 0.664. The number of furan rings is 1.